The molecule has 0 heterocycles. The fraction of sp³-hybridized carbons (Fsp3) is 0. The van der Waals surface area contributed by atoms with Gasteiger partial charge in [-0.15, -0.1) is 0 Å². The number of rotatable bonds is 3. The summed E-state index contributed by atoms with van der Waals surface area (Å²) >= 11 is 5.30. The van der Waals surface area contributed by atoms with Crippen LogP contribution in [-0.2, 0) is 4.79 Å². The zero-order valence-corrected chi connectivity index (χ0v) is 9.99. The fourth-order valence-corrected chi connectivity index (χ4v) is 2.09. The van der Waals surface area contributed by atoms with Crippen molar-refractivity contribution >= 4 is 33.9 Å². The molecule has 1 N–H and O–H groups in total. The van der Waals surface area contributed by atoms with E-state index < -0.39 is 26.1 Å². The highest BCUT2D eigenvalue weighted by atomic mass is 35.5. The topological polar surface area (TPSA) is 37.3 Å². The Hall–Kier alpha value is -1.28. The molecular weight excluding hydrogens is 303 g/mol. The third-order valence-electron chi connectivity index (χ3n) is 1.76. The van der Waals surface area contributed by atoms with Crippen LogP contribution >= 0.6 is 21.8 Å². The van der Waals surface area contributed by atoms with Gasteiger partial charge in [0.2, 0.25) is 0 Å². The first-order chi connectivity index (χ1) is 7.77. The summed E-state index contributed by atoms with van der Waals surface area (Å²) in [5, 5.41) is 7.73. The molecule has 2 nitrogen and oxygen atoms in total. The van der Waals surface area contributed by atoms with Crippen LogP contribution in [0.25, 0.3) is 6.08 Å². The van der Waals surface area contributed by atoms with E-state index >= 15 is 0 Å². The third-order valence-corrected chi connectivity index (χ3v) is 3.10. The molecule has 0 bridgehead atoms. The first kappa shape index (κ1) is 14.8. The van der Waals surface area contributed by atoms with E-state index in [2.05, 4.69) is 0 Å². The molecular formula is C9H6ClF5O2S. The van der Waals surface area contributed by atoms with Crippen molar-refractivity contribution in [1.82, 2.24) is 0 Å². The molecule has 0 amide bonds. The molecule has 0 aliphatic rings. The van der Waals surface area contributed by atoms with Crippen LogP contribution in [-0.4, -0.2) is 11.1 Å². The number of hydrogen-bond acceptors (Lipinski definition) is 1. The number of carboxylic acids is 1. The second kappa shape index (κ2) is 3.61. The molecule has 0 saturated carbocycles. The summed E-state index contributed by atoms with van der Waals surface area (Å²) in [5.41, 5.74) is -0.381. The van der Waals surface area contributed by atoms with Gasteiger partial charge in [-0.2, -0.15) is 0 Å². The summed E-state index contributed by atoms with van der Waals surface area (Å²) in [6, 6.07) is 1.18. The van der Waals surface area contributed by atoms with Crippen molar-refractivity contribution in [2.75, 3.05) is 0 Å². The maximum atomic E-state index is 12.5. The van der Waals surface area contributed by atoms with Gasteiger partial charge in [0.25, 0.3) is 0 Å². The summed E-state index contributed by atoms with van der Waals surface area (Å²) in [6.45, 7) is 0. The number of carbonyl (C=O) groups is 1. The zero-order chi connectivity index (χ0) is 14.3. The molecule has 0 aliphatic carbocycles. The maximum absolute atomic E-state index is 12.5. The molecule has 1 aromatic carbocycles. The Labute approximate surface area is 103 Å². The van der Waals surface area contributed by atoms with Crippen LogP contribution in [0, 0.1) is 0 Å². The summed E-state index contributed by atoms with van der Waals surface area (Å²) in [4.78, 5) is 8.02. The molecule has 18 heavy (non-hydrogen) atoms. The Morgan fingerprint density at radius 3 is 2.17 bits per heavy atom. The zero-order valence-electron chi connectivity index (χ0n) is 8.42. The molecule has 1 aromatic rings. The van der Waals surface area contributed by atoms with Gasteiger partial charge in [0.05, 0.1) is 0 Å². The molecule has 0 atom stereocenters. The van der Waals surface area contributed by atoms with E-state index in [1.54, 1.807) is 0 Å². The highest BCUT2D eigenvalue weighted by molar-refractivity contribution is 8.45. The Morgan fingerprint density at radius 1 is 1.17 bits per heavy atom. The van der Waals surface area contributed by atoms with Gasteiger partial charge < -0.3 is 5.11 Å². The van der Waals surface area contributed by atoms with E-state index in [-0.39, 0.29) is 17.7 Å². The van der Waals surface area contributed by atoms with E-state index in [4.69, 9.17) is 16.7 Å². The van der Waals surface area contributed by atoms with Crippen molar-refractivity contribution in [2.45, 2.75) is 4.90 Å². The van der Waals surface area contributed by atoms with Gasteiger partial charge in [0.15, 0.2) is 0 Å². The Morgan fingerprint density at radius 2 is 1.72 bits per heavy atom. The first-order valence-corrected chi connectivity index (χ1v) is 6.56. The van der Waals surface area contributed by atoms with Gasteiger partial charge in [-0.1, -0.05) is 31.0 Å². The molecule has 0 saturated heterocycles. The quantitative estimate of drug-likeness (QED) is 0.623. The Kier molecular flexibility index (Phi) is 2.96. The lowest BCUT2D eigenvalue weighted by Crippen LogP contribution is -2.06. The fourth-order valence-electron chi connectivity index (χ4n) is 1.07. The SMILES string of the molecule is O=C(O)/C=C/c1cc(Cl)cc(S(F)(F)(F)(F)F)c1. The molecule has 0 radical (unpaired) electrons. The van der Waals surface area contributed by atoms with Crippen LogP contribution in [0.15, 0.2) is 29.2 Å². The second-order valence-electron chi connectivity index (χ2n) is 3.36. The van der Waals surface area contributed by atoms with Crippen molar-refractivity contribution in [3.05, 3.63) is 34.9 Å². The van der Waals surface area contributed by atoms with Crippen LogP contribution in [0.2, 0.25) is 5.02 Å². The smallest absolute Gasteiger partial charge is 0.328 e. The van der Waals surface area contributed by atoms with Crippen LogP contribution < -0.4 is 0 Å². The van der Waals surface area contributed by atoms with Crippen molar-refractivity contribution < 1.29 is 29.3 Å². The van der Waals surface area contributed by atoms with E-state index in [0.717, 1.165) is 12.1 Å². The molecule has 0 aromatic heterocycles. The summed E-state index contributed by atoms with van der Waals surface area (Å²) < 4.78 is 62.5. The second-order valence-corrected chi connectivity index (χ2v) is 6.21. The molecule has 0 unspecified atom stereocenters. The van der Waals surface area contributed by atoms with Crippen molar-refractivity contribution in [2.24, 2.45) is 0 Å². The monoisotopic (exact) mass is 308 g/mol. The minimum Gasteiger partial charge on any atom is -0.478 e. The number of hydrogen-bond donors (Lipinski definition) is 1. The van der Waals surface area contributed by atoms with Gasteiger partial charge in [0.1, 0.15) is 4.90 Å². The van der Waals surface area contributed by atoms with Crippen LogP contribution in [0.1, 0.15) is 5.56 Å². The normalized spacial score (nSPS) is 16.3. The van der Waals surface area contributed by atoms with Crippen molar-refractivity contribution in [3.63, 3.8) is 0 Å². The molecule has 0 aliphatic heterocycles. The minimum absolute atomic E-state index is 0.0984. The average Bonchev–Trinajstić information content (AvgIpc) is 2.10. The molecule has 0 spiro atoms. The highest BCUT2D eigenvalue weighted by Crippen LogP contribution is 3.02. The molecule has 102 valence electrons. The van der Waals surface area contributed by atoms with Gasteiger partial charge >= 0.3 is 16.2 Å². The van der Waals surface area contributed by atoms with E-state index in [1.807, 2.05) is 0 Å². The lowest BCUT2D eigenvalue weighted by molar-refractivity contribution is -0.131. The Balaban J connectivity index is 3.40. The maximum Gasteiger partial charge on any atom is 0.328 e. The predicted molar refractivity (Wildman–Crippen MR) is 59.5 cm³/mol. The van der Waals surface area contributed by atoms with Gasteiger partial charge in [-0.25, -0.2) is 4.79 Å². The largest absolute Gasteiger partial charge is 0.478 e. The molecule has 9 heteroatoms. The predicted octanol–water partition coefficient (Wildman–Crippen LogP) is 5.10. The van der Waals surface area contributed by atoms with Gasteiger partial charge in [0, 0.05) is 11.1 Å². The summed E-state index contributed by atoms with van der Waals surface area (Å²) in [5.74, 6) is -1.43. The number of aliphatic carboxylic acids is 1. The number of carboxylic acid groups (broad SMARTS) is 1. The van der Waals surface area contributed by atoms with E-state index in [9.17, 15) is 24.2 Å². The number of benzene rings is 1. The molecule has 1 rings (SSSR count). The van der Waals surface area contributed by atoms with E-state index in [1.165, 1.54) is 0 Å². The standard InChI is InChI=1S/C9H6ClF5O2S/c10-7-3-6(1-2-9(16)17)4-8(5-7)18(11,12,13,14)15/h1-5H,(H,16,17)/b2-1+. The third kappa shape index (κ3) is 4.19. The lowest BCUT2D eigenvalue weighted by atomic mass is 10.2. The van der Waals surface area contributed by atoms with Gasteiger partial charge in [-0.3, -0.25) is 0 Å². The number of halogens is 6. The Bertz CT molecular complexity index is 537. The first-order valence-electron chi connectivity index (χ1n) is 4.24. The van der Waals surface area contributed by atoms with Gasteiger partial charge in [-0.05, 0) is 29.8 Å². The average molecular weight is 309 g/mol. The van der Waals surface area contributed by atoms with Crippen LogP contribution in [0.4, 0.5) is 19.4 Å². The van der Waals surface area contributed by atoms with E-state index in [0.29, 0.717) is 6.08 Å². The van der Waals surface area contributed by atoms with Crippen molar-refractivity contribution in [1.29, 1.82) is 0 Å². The summed E-state index contributed by atoms with van der Waals surface area (Å²) in [7, 11) is -9.82. The minimum atomic E-state index is -9.82. The van der Waals surface area contributed by atoms with Crippen LogP contribution in [0.3, 0.4) is 0 Å². The summed E-state index contributed by atoms with van der Waals surface area (Å²) in [6.07, 6.45) is 1.25. The lowest BCUT2D eigenvalue weighted by Gasteiger charge is -2.40. The van der Waals surface area contributed by atoms with Crippen molar-refractivity contribution in [3.8, 4) is 0 Å². The highest BCUT2D eigenvalue weighted by Gasteiger charge is 2.65. The molecule has 0 fully saturated rings. The van der Waals surface area contributed by atoms with Crippen LogP contribution in [0.5, 0.6) is 0 Å².